The molecule has 2 amide bonds. The summed E-state index contributed by atoms with van der Waals surface area (Å²) in [6, 6.07) is 17.0. The molecule has 0 fully saturated rings. The molecular weight excluding hydrogens is 316 g/mol. The van der Waals surface area contributed by atoms with Gasteiger partial charge < -0.3 is 15.4 Å². The van der Waals surface area contributed by atoms with Crippen LogP contribution in [0.3, 0.4) is 0 Å². The van der Waals surface area contributed by atoms with Crippen molar-refractivity contribution < 1.29 is 14.3 Å². The fourth-order valence-corrected chi connectivity index (χ4v) is 2.11. The Balaban J connectivity index is 1.77. The van der Waals surface area contributed by atoms with Gasteiger partial charge in [-0.1, -0.05) is 44.2 Å². The lowest BCUT2D eigenvalue weighted by Gasteiger charge is -2.09. The maximum Gasteiger partial charge on any atom is 0.233 e. The summed E-state index contributed by atoms with van der Waals surface area (Å²) >= 11 is 0. The molecule has 25 heavy (non-hydrogen) atoms. The Morgan fingerprint density at radius 3 is 2.28 bits per heavy atom. The van der Waals surface area contributed by atoms with Crippen molar-refractivity contribution in [2.45, 2.75) is 26.9 Å². The maximum absolute atomic E-state index is 11.9. The van der Waals surface area contributed by atoms with E-state index in [1.807, 2.05) is 44.2 Å². The van der Waals surface area contributed by atoms with Gasteiger partial charge in [0, 0.05) is 12.2 Å². The van der Waals surface area contributed by atoms with Crippen molar-refractivity contribution in [3.8, 4) is 5.75 Å². The predicted octanol–water partition coefficient (Wildman–Crippen LogP) is 3.37. The first-order valence-corrected chi connectivity index (χ1v) is 8.36. The first kappa shape index (κ1) is 18.5. The number of amides is 2. The van der Waals surface area contributed by atoms with E-state index in [1.165, 1.54) is 0 Å². The highest BCUT2D eigenvalue weighted by Crippen LogP contribution is 2.17. The van der Waals surface area contributed by atoms with E-state index in [0.29, 0.717) is 24.8 Å². The van der Waals surface area contributed by atoms with E-state index in [1.54, 1.807) is 24.3 Å². The highest BCUT2D eigenvalue weighted by atomic mass is 16.5. The van der Waals surface area contributed by atoms with Gasteiger partial charge in [-0.3, -0.25) is 9.59 Å². The van der Waals surface area contributed by atoms with Crippen LogP contribution in [0.25, 0.3) is 0 Å². The average molecular weight is 340 g/mol. The van der Waals surface area contributed by atoms with Crippen LogP contribution in [-0.2, 0) is 16.2 Å². The lowest BCUT2D eigenvalue weighted by Crippen LogP contribution is -2.30. The van der Waals surface area contributed by atoms with Gasteiger partial charge in [-0.25, -0.2) is 0 Å². The van der Waals surface area contributed by atoms with Crippen LogP contribution in [0.15, 0.2) is 54.6 Å². The van der Waals surface area contributed by atoms with Gasteiger partial charge in [0.15, 0.2) is 0 Å². The standard InChI is InChI=1S/C20H24N2O3/c1-15(2)13-21-19(23)12-20(24)22-17-8-10-18(11-9-17)25-14-16-6-4-3-5-7-16/h3-11,15H,12-14H2,1-2H3,(H,21,23)(H,22,24). The van der Waals surface area contributed by atoms with E-state index in [2.05, 4.69) is 10.6 Å². The summed E-state index contributed by atoms with van der Waals surface area (Å²) in [4.78, 5) is 23.5. The van der Waals surface area contributed by atoms with Crippen LogP contribution in [0.2, 0.25) is 0 Å². The Morgan fingerprint density at radius 2 is 1.64 bits per heavy atom. The molecule has 5 heteroatoms. The van der Waals surface area contributed by atoms with Crippen molar-refractivity contribution in [3.63, 3.8) is 0 Å². The van der Waals surface area contributed by atoms with E-state index in [0.717, 1.165) is 11.3 Å². The monoisotopic (exact) mass is 340 g/mol. The fraction of sp³-hybridized carbons (Fsp3) is 0.300. The van der Waals surface area contributed by atoms with E-state index < -0.39 is 0 Å². The molecule has 0 heterocycles. The number of nitrogens with one attached hydrogen (secondary N) is 2. The molecule has 0 aliphatic heterocycles. The summed E-state index contributed by atoms with van der Waals surface area (Å²) in [5.74, 6) is 0.472. The highest BCUT2D eigenvalue weighted by molar-refractivity contribution is 6.03. The Morgan fingerprint density at radius 1 is 0.960 bits per heavy atom. The topological polar surface area (TPSA) is 67.4 Å². The Kier molecular flexibility index (Phi) is 7.01. The van der Waals surface area contributed by atoms with Gasteiger partial charge >= 0.3 is 0 Å². The average Bonchev–Trinajstić information content (AvgIpc) is 2.60. The Labute approximate surface area is 148 Å². The molecular formula is C20H24N2O3. The van der Waals surface area contributed by atoms with Crippen LogP contribution in [-0.4, -0.2) is 18.4 Å². The number of benzene rings is 2. The van der Waals surface area contributed by atoms with Crippen molar-refractivity contribution in [3.05, 3.63) is 60.2 Å². The largest absolute Gasteiger partial charge is 0.489 e. The smallest absolute Gasteiger partial charge is 0.233 e. The summed E-state index contributed by atoms with van der Waals surface area (Å²) in [5.41, 5.74) is 1.72. The molecule has 0 radical (unpaired) electrons. The van der Waals surface area contributed by atoms with Crippen LogP contribution in [0, 0.1) is 5.92 Å². The van der Waals surface area contributed by atoms with Gasteiger partial charge in [0.05, 0.1) is 0 Å². The summed E-state index contributed by atoms with van der Waals surface area (Å²) in [5, 5.41) is 5.43. The Bertz CT molecular complexity index is 682. The SMILES string of the molecule is CC(C)CNC(=O)CC(=O)Nc1ccc(OCc2ccccc2)cc1. The molecule has 0 unspecified atom stereocenters. The first-order chi connectivity index (χ1) is 12.0. The number of hydrogen-bond donors (Lipinski definition) is 2. The molecule has 0 bridgehead atoms. The van der Waals surface area contributed by atoms with E-state index in [4.69, 9.17) is 4.74 Å². The van der Waals surface area contributed by atoms with Crippen LogP contribution in [0.5, 0.6) is 5.75 Å². The second kappa shape index (κ2) is 9.47. The van der Waals surface area contributed by atoms with Crippen LogP contribution in [0.1, 0.15) is 25.8 Å². The molecule has 2 N–H and O–H groups in total. The Hall–Kier alpha value is -2.82. The fourth-order valence-electron chi connectivity index (χ4n) is 2.11. The predicted molar refractivity (Wildman–Crippen MR) is 98.3 cm³/mol. The van der Waals surface area contributed by atoms with Crippen molar-refractivity contribution >= 4 is 17.5 Å². The third-order valence-corrected chi connectivity index (χ3v) is 3.41. The minimum atomic E-state index is -0.334. The third-order valence-electron chi connectivity index (χ3n) is 3.41. The summed E-state index contributed by atoms with van der Waals surface area (Å²) in [7, 11) is 0. The number of anilines is 1. The van der Waals surface area contributed by atoms with Crippen LogP contribution < -0.4 is 15.4 Å². The zero-order chi connectivity index (χ0) is 18.1. The highest BCUT2D eigenvalue weighted by Gasteiger charge is 2.10. The maximum atomic E-state index is 11.9. The van der Waals surface area contributed by atoms with Gasteiger partial charge in [-0.2, -0.15) is 0 Å². The first-order valence-electron chi connectivity index (χ1n) is 8.36. The molecule has 0 aliphatic rings. The lowest BCUT2D eigenvalue weighted by atomic mass is 10.2. The molecule has 2 aromatic rings. The minimum absolute atomic E-state index is 0.182. The molecule has 0 spiro atoms. The number of hydrogen-bond acceptors (Lipinski definition) is 3. The molecule has 0 aromatic heterocycles. The van der Waals surface area contributed by atoms with Gasteiger partial charge in [-0.05, 0) is 35.7 Å². The van der Waals surface area contributed by atoms with Crippen molar-refractivity contribution in [2.75, 3.05) is 11.9 Å². The molecule has 5 nitrogen and oxygen atoms in total. The van der Waals surface area contributed by atoms with E-state index >= 15 is 0 Å². The molecule has 2 aromatic carbocycles. The molecule has 132 valence electrons. The van der Waals surface area contributed by atoms with Gasteiger partial charge in [-0.15, -0.1) is 0 Å². The zero-order valence-electron chi connectivity index (χ0n) is 14.6. The second-order valence-electron chi connectivity index (χ2n) is 6.22. The van der Waals surface area contributed by atoms with Crippen LogP contribution in [0.4, 0.5) is 5.69 Å². The molecule has 2 rings (SSSR count). The number of carbonyl (C=O) groups excluding carboxylic acids is 2. The second-order valence-corrected chi connectivity index (χ2v) is 6.22. The lowest BCUT2D eigenvalue weighted by molar-refractivity contribution is -0.126. The van der Waals surface area contributed by atoms with Gasteiger partial charge in [0.2, 0.25) is 11.8 Å². The zero-order valence-corrected chi connectivity index (χ0v) is 14.6. The molecule has 0 saturated heterocycles. The van der Waals surface area contributed by atoms with E-state index in [-0.39, 0.29) is 18.2 Å². The van der Waals surface area contributed by atoms with Crippen molar-refractivity contribution in [1.29, 1.82) is 0 Å². The van der Waals surface area contributed by atoms with Crippen LogP contribution >= 0.6 is 0 Å². The molecule has 0 saturated carbocycles. The molecule has 0 atom stereocenters. The number of carbonyl (C=O) groups is 2. The molecule has 0 aliphatic carbocycles. The normalized spacial score (nSPS) is 10.4. The minimum Gasteiger partial charge on any atom is -0.489 e. The number of rotatable bonds is 8. The quantitative estimate of drug-likeness (QED) is 0.724. The van der Waals surface area contributed by atoms with Crippen molar-refractivity contribution in [2.24, 2.45) is 5.92 Å². The summed E-state index contributed by atoms with van der Waals surface area (Å²) < 4.78 is 5.69. The van der Waals surface area contributed by atoms with Crippen molar-refractivity contribution in [1.82, 2.24) is 5.32 Å². The van der Waals surface area contributed by atoms with Gasteiger partial charge in [0.25, 0.3) is 0 Å². The summed E-state index contributed by atoms with van der Waals surface area (Å²) in [6.45, 7) is 5.06. The third kappa shape index (κ3) is 7.08. The van der Waals surface area contributed by atoms with Gasteiger partial charge in [0.1, 0.15) is 18.8 Å². The number of ether oxygens (including phenoxy) is 1. The van der Waals surface area contributed by atoms with E-state index in [9.17, 15) is 9.59 Å². The summed E-state index contributed by atoms with van der Waals surface area (Å²) in [6.07, 6.45) is -0.182.